The summed E-state index contributed by atoms with van der Waals surface area (Å²) in [5.41, 5.74) is 2.62. The maximum Gasteiger partial charge on any atom is 0.154 e. The molecule has 2 aromatic carbocycles. The second-order valence-electron chi connectivity index (χ2n) is 5.70. The topological polar surface area (TPSA) is 38.1 Å². The number of para-hydroxylation sites is 1. The normalized spacial score (nSPS) is 11.2. The van der Waals surface area contributed by atoms with Crippen LogP contribution in [-0.4, -0.2) is 4.98 Å². The van der Waals surface area contributed by atoms with E-state index in [1.165, 1.54) is 0 Å². The summed E-state index contributed by atoms with van der Waals surface area (Å²) in [5, 5.41) is 7.21. The van der Waals surface area contributed by atoms with E-state index in [0.29, 0.717) is 21.6 Å². The van der Waals surface area contributed by atoms with Crippen molar-refractivity contribution in [2.24, 2.45) is 0 Å². The van der Waals surface area contributed by atoms with Crippen molar-refractivity contribution in [3.05, 3.63) is 87.3 Å². The lowest BCUT2D eigenvalue weighted by atomic mass is 10.2. The molecule has 0 bridgehead atoms. The lowest BCUT2D eigenvalue weighted by molar-refractivity contribution is 0.595. The van der Waals surface area contributed by atoms with Gasteiger partial charge in [0.1, 0.15) is 16.5 Å². The number of thiazole rings is 1. The van der Waals surface area contributed by atoms with Crippen LogP contribution in [0.25, 0.3) is 28.9 Å². The maximum atomic E-state index is 6.26. The van der Waals surface area contributed by atoms with Gasteiger partial charge in [0.15, 0.2) is 5.76 Å². The number of rotatable bonds is 5. The zero-order valence-corrected chi connectivity index (χ0v) is 16.4. The van der Waals surface area contributed by atoms with Crippen molar-refractivity contribution in [2.45, 2.75) is 0 Å². The molecule has 2 aromatic heterocycles. The Balaban J connectivity index is 1.49. The minimum absolute atomic E-state index is 0.553. The van der Waals surface area contributed by atoms with Crippen molar-refractivity contribution in [3.8, 4) is 22.8 Å². The lowest BCUT2D eigenvalue weighted by Gasteiger charge is -2.01. The summed E-state index contributed by atoms with van der Waals surface area (Å²) in [6, 6.07) is 19.1. The fourth-order valence-electron chi connectivity index (χ4n) is 2.53. The highest BCUT2D eigenvalue weighted by molar-refractivity contribution is 7.10. The van der Waals surface area contributed by atoms with Gasteiger partial charge in [0.2, 0.25) is 0 Å². The number of nitrogens with one attached hydrogen (secondary N) is 1. The molecule has 0 radical (unpaired) electrons. The summed E-state index contributed by atoms with van der Waals surface area (Å²) < 4.78 is 5.94. The quantitative estimate of drug-likeness (QED) is 0.369. The molecule has 0 amide bonds. The number of anilines is 1. The van der Waals surface area contributed by atoms with Crippen molar-refractivity contribution >= 4 is 46.3 Å². The van der Waals surface area contributed by atoms with Crippen LogP contribution >= 0.6 is 34.5 Å². The number of hydrogen-bond acceptors (Lipinski definition) is 4. The van der Waals surface area contributed by atoms with Gasteiger partial charge in [0.25, 0.3) is 0 Å². The smallest absolute Gasteiger partial charge is 0.154 e. The minimum atomic E-state index is 0.553. The summed E-state index contributed by atoms with van der Waals surface area (Å²) >= 11 is 13.8. The van der Waals surface area contributed by atoms with Crippen LogP contribution in [-0.2, 0) is 0 Å². The Labute approximate surface area is 170 Å². The monoisotopic (exact) mass is 412 g/mol. The third-order valence-electron chi connectivity index (χ3n) is 3.83. The fraction of sp³-hybridized carbons (Fsp3) is 0. The molecule has 1 N–H and O–H groups in total. The predicted molar refractivity (Wildman–Crippen MR) is 114 cm³/mol. The van der Waals surface area contributed by atoms with Gasteiger partial charge in [-0.1, -0.05) is 41.4 Å². The van der Waals surface area contributed by atoms with Gasteiger partial charge in [0.05, 0.1) is 5.02 Å². The number of benzene rings is 2. The SMILES string of the molecule is Clc1ccc(-c2ccc(-c3csc(C=CNc4ccccc4)n3)o2)c(Cl)c1. The molecule has 2 heterocycles. The van der Waals surface area contributed by atoms with Crippen LogP contribution < -0.4 is 5.32 Å². The molecule has 0 fully saturated rings. The second kappa shape index (κ2) is 8.01. The minimum Gasteiger partial charge on any atom is -0.454 e. The van der Waals surface area contributed by atoms with E-state index in [2.05, 4.69) is 10.3 Å². The predicted octanol–water partition coefficient (Wildman–Crippen LogP) is 7.46. The molecular formula is C21H14Cl2N2OS. The van der Waals surface area contributed by atoms with E-state index < -0.39 is 0 Å². The number of aromatic nitrogens is 1. The van der Waals surface area contributed by atoms with Gasteiger partial charge in [-0.2, -0.15) is 0 Å². The van der Waals surface area contributed by atoms with Crippen molar-refractivity contribution in [1.82, 2.24) is 4.98 Å². The Bertz CT molecular complexity index is 1090. The Kier molecular flexibility index (Phi) is 5.30. The van der Waals surface area contributed by atoms with E-state index in [9.17, 15) is 0 Å². The van der Waals surface area contributed by atoms with Crippen molar-refractivity contribution < 1.29 is 4.42 Å². The highest BCUT2D eigenvalue weighted by Gasteiger charge is 2.12. The van der Waals surface area contributed by atoms with E-state index >= 15 is 0 Å². The van der Waals surface area contributed by atoms with E-state index in [1.54, 1.807) is 23.5 Å². The molecule has 0 saturated heterocycles. The van der Waals surface area contributed by atoms with Crippen LogP contribution in [0.15, 0.2) is 76.7 Å². The standard InChI is InChI=1S/C21H14Cl2N2OS/c22-14-6-7-16(17(23)12-14)19-8-9-20(26-19)18-13-27-21(25-18)10-11-24-15-4-2-1-3-5-15/h1-13,24H. The first-order valence-corrected chi connectivity index (χ1v) is 9.82. The van der Waals surface area contributed by atoms with Crippen molar-refractivity contribution in [3.63, 3.8) is 0 Å². The summed E-state index contributed by atoms with van der Waals surface area (Å²) in [6.07, 6.45) is 3.81. The number of halogens is 2. The summed E-state index contributed by atoms with van der Waals surface area (Å²) in [6.45, 7) is 0. The first-order chi connectivity index (χ1) is 13.2. The maximum absolute atomic E-state index is 6.26. The summed E-state index contributed by atoms with van der Waals surface area (Å²) in [5.74, 6) is 1.38. The molecule has 0 atom stereocenters. The third-order valence-corrected chi connectivity index (χ3v) is 5.18. The Morgan fingerprint density at radius 2 is 1.78 bits per heavy atom. The molecule has 0 saturated carbocycles. The molecule has 0 aliphatic carbocycles. The zero-order valence-electron chi connectivity index (χ0n) is 14.0. The second-order valence-corrected chi connectivity index (χ2v) is 7.44. The zero-order chi connectivity index (χ0) is 18.6. The van der Waals surface area contributed by atoms with Gasteiger partial charge in [-0.25, -0.2) is 4.98 Å². The first-order valence-electron chi connectivity index (χ1n) is 8.18. The molecule has 134 valence electrons. The summed E-state index contributed by atoms with van der Waals surface area (Å²) in [4.78, 5) is 4.60. The molecule has 3 nitrogen and oxygen atoms in total. The molecular weight excluding hydrogens is 399 g/mol. The highest BCUT2D eigenvalue weighted by atomic mass is 35.5. The van der Waals surface area contributed by atoms with Gasteiger partial charge in [0, 0.05) is 27.9 Å². The van der Waals surface area contributed by atoms with Gasteiger partial charge < -0.3 is 9.73 Å². The average Bonchev–Trinajstić information content (AvgIpc) is 3.32. The average molecular weight is 413 g/mol. The van der Waals surface area contributed by atoms with Gasteiger partial charge in [-0.15, -0.1) is 11.3 Å². The third kappa shape index (κ3) is 4.25. The van der Waals surface area contributed by atoms with Crippen LogP contribution in [0.3, 0.4) is 0 Å². The number of furan rings is 1. The van der Waals surface area contributed by atoms with Gasteiger partial charge >= 0.3 is 0 Å². The van der Waals surface area contributed by atoms with Crippen LogP contribution in [0.2, 0.25) is 10.0 Å². The number of nitrogens with zero attached hydrogens (tertiary/aromatic N) is 1. The molecule has 0 aliphatic rings. The van der Waals surface area contributed by atoms with Crippen LogP contribution in [0, 0.1) is 0 Å². The molecule has 4 rings (SSSR count). The molecule has 0 spiro atoms. The van der Waals surface area contributed by atoms with Crippen LogP contribution in [0.1, 0.15) is 5.01 Å². The molecule has 27 heavy (non-hydrogen) atoms. The van der Waals surface area contributed by atoms with E-state index in [1.807, 2.05) is 66.2 Å². The molecule has 6 heteroatoms. The molecule has 0 unspecified atom stereocenters. The van der Waals surface area contributed by atoms with Crippen molar-refractivity contribution in [1.29, 1.82) is 0 Å². The van der Waals surface area contributed by atoms with Crippen LogP contribution in [0.5, 0.6) is 0 Å². The Hall–Kier alpha value is -2.53. The van der Waals surface area contributed by atoms with Crippen molar-refractivity contribution in [2.75, 3.05) is 5.32 Å². The highest BCUT2D eigenvalue weighted by Crippen LogP contribution is 2.34. The van der Waals surface area contributed by atoms with Gasteiger partial charge in [-0.3, -0.25) is 0 Å². The van der Waals surface area contributed by atoms with E-state index in [0.717, 1.165) is 22.0 Å². The van der Waals surface area contributed by atoms with E-state index in [-0.39, 0.29) is 0 Å². The number of hydrogen-bond donors (Lipinski definition) is 1. The van der Waals surface area contributed by atoms with E-state index in [4.69, 9.17) is 27.6 Å². The largest absolute Gasteiger partial charge is 0.454 e. The lowest BCUT2D eigenvalue weighted by Crippen LogP contribution is -1.85. The fourth-order valence-corrected chi connectivity index (χ4v) is 3.73. The molecule has 4 aromatic rings. The first kappa shape index (κ1) is 17.9. The van der Waals surface area contributed by atoms with Crippen LogP contribution in [0.4, 0.5) is 5.69 Å². The van der Waals surface area contributed by atoms with Gasteiger partial charge in [-0.05, 0) is 48.5 Å². The Morgan fingerprint density at radius 1 is 0.963 bits per heavy atom. The summed E-state index contributed by atoms with van der Waals surface area (Å²) in [7, 11) is 0. The Morgan fingerprint density at radius 3 is 2.59 bits per heavy atom. The molecule has 0 aliphatic heterocycles.